The van der Waals surface area contributed by atoms with Gasteiger partial charge in [-0.15, -0.1) is 0 Å². The van der Waals surface area contributed by atoms with E-state index < -0.39 is 0 Å². The minimum Gasteiger partial charge on any atom is -0.326 e. The van der Waals surface area contributed by atoms with Crippen molar-refractivity contribution in [3.63, 3.8) is 0 Å². The van der Waals surface area contributed by atoms with E-state index >= 15 is 0 Å². The first-order chi connectivity index (χ1) is 9.45. The number of hydrogen-bond donors (Lipinski definition) is 1. The molecule has 0 aliphatic carbocycles. The average molecular weight is 267 g/mol. The van der Waals surface area contributed by atoms with Crippen LogP contribution in [-0.2, 0) is 11.2 Å². The van der Waals surface area contributed by atoms with E-state index in [0.717, 1.165) is 11.3 Å². The third kappa shape index (κ3) is 3.47. The highest BCUT2D eigenvalue weighted by Gasteiger charge is 2.07. The van der Waals surface area contributed by atoms with Crippen molar-refractivity contribution in [2.45, 2.75) is 34.1 Å². The zero-order valence-corrected chi connectivity index (χ0v) is 12.6. The van der Waals surface area contributed by atoms with Crippen LogP contribution in [0.25, 0.3) is 0 Å². The maximum atomic E-state index is 12.1. The Balaban J connectivity index is 2.07. The SMILES string of the molecule is Cc1ccc(CC(=O)Nc2ccc(C)c(C)c2)c(C)c1. The second-order valence-corrected chi connectivity index (χ2v) is 5.45. The number of aryl methyl sites for hydroxylation is 4. The zero-order valence-electron chi connectivity index (χ0n) is 12.6. The highest BCUT2D eigenvalue weighted by Crippen LogP contribution is 2.16. The van der Waals surface area contributed by atoms with Crippen LogP contribution in [0.1, 0.15) is 27.8 Å². The van der Waals surface area contributed by atoms with Gasteiger partial charge >= 0.3 is 0 Å². The highest BCUT2D eigenvalue weighted by atomic mass is 16.1. The third-order valence-corrected chi connectivity index (χ3v) is 3.64. The Morgan fingerprint density at radius 3 is 2.30 bits per heavy atom. The number of amides is 1. The van der Waals surface area contributed by atoms with Crippen LogP contribution in [0, 0.1) is 27.7 Å². The Bertz CT molecular complexity index is 644. The van der Waals surface area contributed by atoms with Crippen LogP contribution in [0.5, 0.6) is 0 Å². The van der Waals surface area contributed by atoms with E-state index in [-0.39, 0.29) is 5.91 Å². The molecule has 1 amide bonds. The molecule has 0 atom stereocenters. The van der Waals surface area contributed by atoms with Gasteiger partial charge in [0.1, 0.15) is 0 Å². The van der Waals surface area contributed by atoms with Gasteiger partial charge in [0.2, 0.25) is 5.91 Å². The number of nitrogens with one attached hydrogen (secondary N) is 1. The van der Waals surface area contributed by atoms with Gasteiger partial charge in [-0.1, -0.05) is 29.8 Å². The van der Waals surface area contributed by atoms with Gasteiger partial charge in [-0.05, 0) is 62.1 Å². The first kappa shape index (κ1) is 14.3. The second kappa shape index (κ2) is 5.91. The molecule has 0 aromatic heterocycles. The molecule has 0 aliphatic rings. The Labute approximate surface area is 120 Å². The summed E-state index contributed by atoms with van der Waals surface area (Å²) in [7, 11) is 0. The predicted molar refractivity (Wildman–Crippen MR) is 84.2 cm³/mol. The zero-order chi connectivity index (χ0) is 14.7. The summed E-state index contributed by atoms with van der Waals surface area (Å²) in [5, 5.41) is 2.96. The summed E-state index contributed by atoms with van der Waals surface area (Å²) in [4.78, 5) is 12.1. The summed E-state index contributed by atoms with van der Waals surface area (Å²) >= 11 is 0. The fourth-order valence-corrected chi connectivity index (χ4v) is 2.24. The topological polar surface area (TPSA) is 29.1 Å². The Kier molecular flexibility index (Phi) is 4.23. The van der Waals surface area contributed by atoms with Gasteiger partial charge < -0.3 is 5.32 Å². The van der Waals surface area contributed by atoms with Gasteiger partial charge in [-0.3, -0.25) is 4.79 Å². The van der Waals surface area contributed by atoms with Crippen LogP contribution in [0.2, 0.25) is 0 Å². The molecule has 0 saturated carbocycles. The van der Waals surface area contributed by atoms with E-state index in [1.54, 1.807) is 0 Å². The summed E-state index contributed by atoms with van der Waals surface area (Å²) in [5.41, 5.74) is 6.76. The normalized spacial score (nSPS) is 10.4. The van der Waals surface area contributed by atoms with Crippen LogP contribution in [0.3, 0.4) is 0 Å². The molecule has 20 heavy (non-hydrogen) atoms. The molecule has 0 unspecified atom stereocenters. The lowest BCUT2D eigenvalue weighted by atomic mass is 10.0. The van der Waals surface area contributed by atoms with Crippen molar-refractivity contribution in [3.8, 4) is 0 Å². The number of rotatable bonds is 3. The molecule has 0 saturated heterocycles. The molecule has 0 aliphatic heterocycles. The Morgan fingerprint density at radius 2 is 1.65 bits per heavy atom. The van der Waals surface area contributed by atoms with Crippen molar-refractivity contribution >= 4 is 11.6 Å². The molecule has 0 heterocycles. The molecule has 0 fully saturated rings. The standard InChI is InChI=1S/C18H21NO/c1-12-5-7-16(15(4)9-12)11-18(20)19-17-8-6-13(2)14(3)10-17/h5-10H,11H2,1-4H3,(H,19,20). The van der Waals surface area contributed by atoms with E-state index in [1.165, 1.54) is 22.3 Å². The van der Waals surface area contributed by atoms with Crippen LogP contribution in [0.4, 0.5) is 5.69 Å². The van der Waals surface area contributed by atoms with Crippen molar-refractivity contribution in [2.75, 3.05) is 5.32 Å². The lowest BCUT2D eigenvalue weighted by molar-refractivity contribution is -0.115. The monoisotopic (exact) mass is 267 g/mol. The van der Waals surface area contributed by atoms with Gasteiger partial charge in [-0.25, -0.2) is 0 Å². The first-order valence-electron chi connectivity index (χ1n) is 6.89. The van der Waals surface area contributed by atoms with Gasteiger partial charge in [0.25, 0.3) is 0 Å². The minimum atomic E-state index is 0.0280. The van der Waals surface area contributed by atoms with Gasteiger partial charge in [0, 0.05) is 5.69 Å². The van der Waals surface area contributed by atoms with Crippen molar-refractivity contribution in [1.29, 1.82) is 0 Å². The fraction of sp³-hybridized carbons (Fsp3) is 0.278. The summed E-state index contributed by atoms with van der Waals surface area (Å²) in [6, 6.07) is 12.2. The second-order valence-electron chi connectivity index (χ2n) is 5.45. The summed E-state index contributed by atoms with van der Waals surface area (Å²) < 4.78 is 0. The highest BCUT2D eigenvalue weighted by molar-refractivity contribution is 5.92. The third-order valence-electron chi connectivity index (χ3n) is 3.64. The maximum Gasteiger partial charge on any atom is 0.228 e. The fourth-order valence-electron chi connectivity index (χ4n) is 2.24. The van der Waals surface area contributed by atoms with E-state index in [2.05, 4.69) is 32.2 Å². The molecule has 1 N–H and O–H groups in total. The lowest BCUT2D eigenvalue weighted by Crippen LogP contribution is -2.15. The van der Waals surface area contributed by atoms with Gasteiger partial charge in [0.05, 0.1) is 6.42 Å². The summed E-state index contributed by atoms with van der Waals surface area (Å²) in [6.45, 7) is 8.23. The number of anilines is 1. The number of benzene rings is 2. The number of carbonyl (C=O) groups excluding carboxylic acids is 1. The van der Waals surface area contributed by atoms with Crippen LogP contribution >= 0.6 is 0 Å². The van der Waals surface area contributed by atoms with Crippen molar-refractivity contribution in [2.24, 2.45) is 0 Å². The van der Waals surface area contributed by atoms with Crippen molar-refractivity contribution in [3.05, 3.63) is 64.2 Å². The van der Waals surface area contributed by atoms with Gasteiger partial charge in [-0.2, -0.15) is 0 Å². The largest absolute Gasteiger partial charge is 0.326 e. The maximum absolute atomic E-state index is 12.1. The molecule has 2 rings (SSSR count). The van der Waals surface area contributed by atoms with Crippen LogP contribution in [0.15, 0.2) is 36.4 Å². The van der Waals surface area contributed by atoms with Crippen LogP contribution in [-0.4, -0.2) is 5.91 Å². The molecule has 0 radical (unpaired) electrons. The number of carbonyl (C=O) groups is 1. The molecular formula is C18H21NO. The molecule has 2 nitrogen and oxygen atoms in total. The Hall–Kier alpha value is -2.09. The van der Waals surface area contributed by atoms with Gasteiger partial charge in [0.15, 0.2) is 0 Å². The lowest BCUT2D eigenvalue weighted by Gasteiger charge is -2.09. The van der Waals surface area contributed by atoms with Crippen molar-refractivity contribution in [1.82, 2.24) is 0 Å². The summed E-state index contributed by atoms with van der Waals surface area (Å²) in [5.74, 6) is 0.0280. The van der Waals surface area contributed by atoms with Crippen molar-refractivity contribution < 1.29 is 4.79 Å². The quantitative estimate of drug-likeness (QED) is 0.891. The average Bonchev–Trinajstić information content (AvgIpc) is 2.37. The minimum absolute atomic E-state index is 0.0280. The van der Waals surface area contributed by atoms with E-state index in [1.807, 2.05) is 37.3 Å². The molecular weight excluding hydrogens is 246 g/mol. The molecule has 104 valence electrons. The molecule has 0 spiro atoms. The molecule has 0 bridgehead atoms. The van der Waals surface area contributed by atoms with E-state index in [4.69, 9.17) is 0 Å². The predicted octanol–water partition coefficient (Wildman–Crippen LogP) is 4.10. The summed E-state index contributed by atoms with van der Waals surface area (Å²) in [6.07, 6.45) is 0.416. The molecule has 2 aromatic rings. The van der Waals surface area contributed by atoms with Crippen LogP contribution < -0.4 is 5.32 Å². The smallest absolute Gasteiger partial charge is 0.228 e. The molecule has 2 heteroatoms. The van der Waals surface area contributed by atoms with E-state index in [9.17, 15) is 4.79 Å². The van der Waals surface area contributed by atoms with E-state index in [0.29, 0.717) is 6.42 Å². The number of hydrogen-bond acceptors (Lipinski definition) is 1. The Morgan fingerprint density at radius 1 is 0.900 bits per heavy atom. The molecule has 2 aromatic carbocycles. The first-order valence-corrected chi connectivity index (χ1v) is 6.89.